The first-order valence-corrected chi connectivity index (χ1v) is 11.5. The Hall–Kier alpha value is -1.74. The summed E-state index contributed by atoms with van der Waals surface area (Å²) in [7, 11) is 1.76. The maximum atomic E-state index is 12.5. The predicted molar refractivity (Wildman–Crippen MR) is 116 cm³/mol. The first-order chi connectivity index (χ1) is 14.9. The van der Waals surface area contributed by atoms with E-state index in [1.807, 2.05) is 12.1 Å². The van der Waals surface area contributed by atoms with E-state index < -0.39 is 12.7 Å². The van der Waals surface area contributed by atoms with Gasteiger partial charge in [0, 0.05) is 20.1 Å². The highest BCUT2D eigenvalue weighted by Gasteiger charge is 2.32. The molecule has 2 N–H and O–H groups in total. The summed E-state index contributed by atoms with van der Waals surface area (Å²) >= 11 is 0. The molecule has 3 heterocycles. The molecule has 0 bridgehead atoms. The highest BCUT2D eigenvalue weighted by atomic mass is 19.4. The Morgan fingerprint density at radius 3 is 2.52 bits per heavy atom. The standard InChI is InChI=1S/C22H36F3N5O/c1-26-21(27-10-7-18-8-13-29(14-9-18)17-22(23,24)25)28-16-19(20-6-5-15-31-20)30-11-3-2-4-12-30/h5-6,15,18-19H,2-4,7-14,16-17H2,1H3,(H2,26,27,28). The molecule has 2 saturated heterocycles. The molecule has 0 spiro atoms. The van der Waals surface area contributed by atoms with Crippen LogP contribution in [0.5, 0.6) is 0 Å². The smallest absolute Gasteiger partial charge is 0.401 e. The van der Waals surface area contributed by atoms with E-state index >= 15 is 0 Å². The minimum Gasteiger partial charge on any atom is -0.468 e. The Labute approximate surface area is 183 Å². The van der Waals surface area contributed by atoms with E-state index in [2.05, 4.69) is 20.5 Å². The number of nitrogens with one attached hydrogen (secondary N) is 2. The van der Waals surface area contributed by atoms with Gasteiger partial charge in [0.25, 0.3) is 0 Å². The van der Waals surface area contributed by atoms with Gasteiger partial charge < -0.3 is 15.1 Å². The van der Waals surface area contributed by atoms with E-state index in [4.69, 9.17) is 4.42 Å². The number of halogens is 3. The highest BCUT2D eigenvalue weighted by molar-refractivity contribution is 5.79. The molecule has 2 aliphatic heterocycles. The van der Waals surface area contributed by atoms with Gasteiger partial charge in [-0.3, -0.25) is 14.8 Å². The molecular formula is C22H36F3N5O. The van der Waals surface area contributed by atoms with Crippen molar-refractivity contribution < 1.29 is 17.6 Å². The molecule has 1 atom stereocenters. The van der Waals surface area contributed by atoms with Crippen LogP contribution in [-0.2, 0) is 0 Å². The van der Waals surface area contributed by atoms with Crippen molar-refractivity contribution in [2.45, 2.75) is 50.7 Å². The third-order valence-electron chi connectivity index (χ3n) is 6.34. The monoisotopic (exact) mass is 443 g/mol. The molecule has 0 aromatic carbocycles. The van der Waals surface area contributed by atoms with E-state index in [9.17, 15) is 13.2 Å². The summed E-state index contributed by atoms with van der Waals surface area (Å²) in [5.41, 5.74) is 0. The van der Waals surface area contributed by atoms with Crippen LogP contribution in [0.3, 0.4) is 0 Å². The summed E-state index contributed by atoms with van der Waals surface area (Å²) in [4.78, 5) is 8.32. The lowest BCUT2D eigenvalue weighted by atomic mass is 9.93. The van der Waals surface area contributed by atoms with Gasteiger partial charge in [-0.15, -0.1) is 0 Å². The molecule has 0 radical (unpaired) electrons. The number of piperidine rings is 2. The summed E-state index contributed by atoms with van der Waals surface area (Å²) in [5, 5.41) is 6.80. The minimum absolute atomic E-state index is 0.173. The number of rotatable bonds is 8. The molecule has 1 aromatic rings. The summed E-state index contributed by atoms with van der Waals surface area (Å²) in [5.74, 6) is 2.18. The first kappa shape index (κ1) is 23.9. The zero-order valence-electron chi connectivity index (χ0n) is 18.5. The molecule has 0 saturated carbocycles. The lowest BCUT2D eigenvalue weighted by molar-refractivity contribution is -0.148. The van der Waals surface area contributed by atoms with E-state index in [1.165, 1.54) is 24.2 Å². The highest BCUT2D eigenvalue weighted by Crippen LogP contribution is 2.25. The van der Waals surface area contributed by atoms with Crippen molar-refractivity contribution in [3.63, 3.8) is 0 Å². The van der Waals surface area contributed by atoms with Gasteiger partial charge in [-0.1, -0.05) is 6.42 Å². The van der Waals surface area contributed by atoms with Crippen molar-refractivity contribution in [3.05, 3.63) is 24.2 Å². The van der Waals surface area contributed by atoms with Gasteiger partial charge in [0.05, 0.1) is 18.8 Å². The number of hydrogen-bond acceptors (Lipinski definition) is 4. The second-order valence-electron chi connectivity index (χ2n) is 8.63. The van der Waals surface area contributed by atoms with E-state index in [1.54, 1.807) is 13.3 Å². The maximum absolute atomic E-state index is 12.5. The second-order valence-corrected chi connectivity index (χ2v) is 8.63. The Morgan fingerprint density at radius 1 is 1.16 bits per heavy atom. The zero-order chi connectivity index (χ0) is 22.1. The molecule has 6 nitrogen and oxygen atoms in total. The Bertz CT molecular complexity index is 651. The van der Waals surface area contributed by atoms with Crippen LogP contribution in [0.4, 0.5) is 13.2 Å². The summed E-state index contributed by atoms with van der Waals surface area (Å²) in [6, 6.07) is 4.13. The third kappa shape index (κ3) is 8.03. The number of nitrogens with zero attached hydrogens (tertiary/aromatic N) is 3. The Morgan fingerprint density at radius 2 is 1.90 bits per heavy atom. The first-order valence-electron chi connectivity index (χ1n) is 11.5. The molecule has 0 amide bonds. The number of aliphatic imine (C=N–C) groups is 1. The molecule has 3 rings (SSSR count). The fourth-order valence-electron chi connectivity index (χ4n) is 4.62. The summed E-state index contributed by atoms with van der Waals surface area (Å²) in [6.07, 6.45) is 3.91. The zero-order valence-corrected chi connectivity index (χ0v) is 18.5. The lowest BCUT2D eigenvalue weighted by Crippen LogP contribution is -2.45. The molecule has 2 aliphatic rings. The van der Waals surface area contributed by atoms with Crippen LogP contribution < -0.4 is 10.6 Å². The number of hydrogen-bond donors (Lipinski definition) is 2. The van der Waals surface area contributed by atoms with E-state index in [0.29, 0.717) is 25.6 Å². The topological polar surface area (TPSA) is 56.0 Å². The normalized spacial score (nSPS) is 21.2. The Kier molecular flexibility index (Phi) is 9.07. The van der Waals surface area contributed by atoms with Crippen LogP contribution in [0.25, 0.3) is 0 Å². The number of likely N-dealkylation sites (tertiary alicyclic amines) is 2. The van der Waals surface area contributed by atoms with Crippen molar-refractivity contribution in [2.24, 2.45) is 10.9 Å². The average Bonchev–Trinajstić information content (AvgIpc) is 3.28. The molecular weight excluding hydrogens is 407 g/mol. The lowest BCUT2D eigenvalue weighted by Gasteiger charge is -2.34. The van der Waals surface area contributed by atoms with Crippen molar-refractivity contribution in [1.29, 1.82) is 0 Å². The molecule has 2 fully saturated rings. The fourth-order valence-corrected chi connectivity index (χ4v) is 4.62. The van der Waals surface area contributed by atoms with Crippen LogP contribution in [0, 0.1) is 5.92 Å². The predicted octanol–water partition coefficient (Wildman–Crippen LogP) is 3.64. The van der Waals surface area contributed by atoms with Gasteiger partial charge in [0.15, 0.2) is 5.96 Å². The van der Waals surface area contributed by atoms with Crippen LogP contribution in [-0.4, -0.2) is 74.8 Å². The van der Waals surface area contributed by atoms with Gasteiger partial charge in [-0.2, -0.15) is 13.2 Å². The molecule has 176 valence electrons. The van der Waals surface area contributed by atoms with Crippen LogP contribution in [0.1, 0.15) is 50.3 Å². The average molecular weight is 444 g/mol. The minimum atomic E-state index is -4.10. The van der Waals surface area contributed by atoms with Gasteiger partial charge in [-0.05, 0) is 76.3 Å². The van der Waals surface area contributed by atoms with Gasteiger partial charge >= 0.3 is 6.18 Å². The number of furan rings is 1. The van der Waals surface area contributed by atoms with Crippen molar-refractivity contribution in [3.8, 4) is 0 Å². The molecule has 1 aromatic heterocycles. The second kappa shape index (κ2) is 11.8. The van der Waals surface area contributed by atoms with Crippen molar-refractivity contribution >= 4 is 5.96 Å². The van der Waals surface area contributed by atoms with Gasteiger partial charge in [-0.25, -0.2) is 0 Å². The van der Waals surface area contributed by atoms with Gasteiger partial charge in [0.2, 0.25) is 0 Å². The van der Waals surface area contributed by atoms with Crippen LogP contribution >= 0.6 is 0 Å². The van der Waals surface area contributed by atoms with Crippen molar-refractivity contribution in [2.75, 3.05) is 52.9 Å². The molecule has 1 unspecified atom stereocenters. The maximum Gasteiger partial charge on any atom is 0.401 e. The Balaban J connectivity index is 1.39. The van der Waals surface area contributed by atoms with Crippen LogP contribution in [0.2, 0.25) is 0 Å². The number of guanidine groups is 1. The van der Waals surface area contributed by atoms with Crippen molar-refractivity contribution in [1.82, 2.24) is 20.4 Å². The fraction of sp³-hybridized carbons (Fsp3) is 0.773. The summed E-state index contributed by atoms with van der Waals surface area (Å²) in [6.45, 7) is 3.89. The quantitative estimate of drug-likeness (QED) is 0.475. The molecule has 0 aliphatic carbocycles. The van der Waals surface area contributed by atoms with E-state index in [-0.39, 0.29) is 6.04 Å². The largest absolute Gasteiger partial charge is 0.468 e. The third-order valence-corrected chi connectivity index (χ3v) is 6.34. The number of alkyl halides is 3. The van der Waals surface area contributed by atoms with Gasteiger partial charge in [0.1, 0.15) is 5.76 Å². The molecule has 9 heteroatoms. The SMILES string of the molecule is CN=C(NCCC1CCN(CC(F)(F)F)CC1)NCC(c1ccco1)N1CCCCC1. The summed E-state index contributed by atoms with van der Waals surface area (Å²) < 4.78 is 43.3. The van der Waals surface area contributed by atoms with Crippen LogP contribution in [0.15, 0.2) is 27.8 Å². The molecule has 31 heavy (non-hydrogen) atoms. The van der Waals surface area contributed by atoms with E-state index in [0.717, 1.165) is 50.6 Å².